The lowest BCUT2D eigenvalue weighted by Gasteiger charge is -2.06. The van der Waals surface area contributed by atoms with Crippen LogP contribution in [0.15, 0.2) is 41.7 Å². The Balaban J connectivity index is 1.82. The molecule has 3 aromatic rings. The van der Waals surface area contributed by atoms with Crippen molar-refractivity contribution in [1.29, 1.82) is 0 Å². The zero-order valence-corrected chi connectivity index (χ0v) is 15.2. The van der Waals surface area contributed by atoms with Crippen LogP contribution in [0.1, 0.15) is 17.3 Å². The fourth-order valence-corrected chi connectivity index (χ4v) is 3.39. The van der Waals surface area contributed by atoms with Crippen molar-refractivity contribution >= 4 is 17.5 Å². The maximum Gasteiger partial charge on any atom is 0.243 e. The Labute approximate surface area is 150 Å². The van der Waals surface area contributed by atoms with E-state index >= 15 is 0 Å². The van der Waals surface area contributed by atoms with Crippen LogP contribution in [0.3, 0.4) is 0 Å². The van der Waals surface area contributed by atoms with Crippen molar-refractivity contribution in [3.63, 3.8) is 0 Å². The highest BCUT2D eigenvalue weighted by Gasteiger charge is 2.20. The molecule has 0 fully saturated rings. The number of thioether (sulfide) groups is 1. The average Bonchev–Trinajstić information content (AvgIpc) is 3.22. The molecule has 0 unspecified atom stereocenters. The van der Waals surface area contributed by atoms with E-state index in [9.17, 15) is 4.79 Å². The third-order valence-electron chi connectivity index (χ3n) is 3.69. The molecule has 0 N–H and O–H groups in total. The Morgan fingerprint density at radius 3 is 2.68 bits per heavy atom. The minimum atomic E-state index is 0.0664. The van der Waals surface area contributed by atoms with E-state index in [-0.39, 0.29) is 5.78 Å². The fraction of sp³-hybridized carbons (Fsp3) is 0.294. The second-order valence-electron chi connectivity index (χ2n) is 5.35. The topological polar surface area (TPSA) is 74.8 Å². The van der Waals surface area contributed by atoms with Crippen LogP contribution in [-0.2, 0) is 13.6 Å². The van der Waals surface area contributed by atoms with Crippen LogP contribution in [-0.4, -0.2) is 43.2 Å². The van der Waals surface area contributed by atoms with Crippen LogP contribution < -0.4 is 4.74 Å². The first kappa shape index (κ1) is 17.2. The summed E-state index contributed by atoms with van der Waals surface area (Å²) in [5.41, 5.74) is 1.48. The summed E-state index contributed by atoms with van der Waals surface area (Å²) in [6.45, 7) is 2.70. The molecule has 1 aromatic carbocycles. The van der Waals surface area contributed by atoms with Crippen molar-refractivity contribution in [3.8, 4) is 17.3 Å². The minimum absolute atomic E-state index is 0.0664. The lowest BCUT2D eigenvalue weighted by Crippen LogP contribution is -2.05. The third-order valence-corrected chi connectivity index (χ3v) is 4.66. The van der Waals surface area contributed by atoms with Crippen LogP contribution in [0.4, 0.5) is 0 Å². The average molecular weight is 357 g/mol. The van der Waals surface area contributed by atoms with E-state index in [1.807, 2.05) is 55.1 Å². The van der Waals surface area contributed by atoms with Crippen LogP contribution in [0.25, 0.3) is 11.4 Å². The van der Waals surface area contributed by atoms with Gasteiger partial charge in [0.05, 0.1) is 12.9 Å². The van der Waals surface area contributed by atoms with Crippen molar-refractivity contribution < 1.29 is 9.53 Å². The summed E-state index contributed by atoms with van der Waals surface area (Å²) in [5.74, 6) is 1.56. The fourth-order valence-electron chi connectivity index (χ4n) is 2.49. The van der Waals surface area contributed by atoms with Gasteiger partial charge in [0.25, 0.3) is 0 Å². The molecule has 0 saturated carbocycles. The number of benzene rings is 1. The van der Waals surface area contributed by atoms with Gasteiger partial charge in [-0.15, -0.1) is 15.3 Å². The van der Waals surface area contributed by atoms with Crippen LogP contribution in [0.2, 0.25) is 0 Å². The molecule has 0 spiro atoms. The highest BCUT2D eigenvalue weighted by molar-refractivity contribution is 7.99. The van der Waals surface area contributed by atoms with Gasteiger partial charge < -0.3 is 9.30 Å². The Hall–Kier alpha value is -2.61. The van der Waals surface area contributed by atoms with Crippen molar-refractivity contribution in [1.82, 2.24) is 24.5 Å². The molecule has 0 amide bonds. The van der Waals surface area contributed by atoms with E-state index in [4.69, 9.17) is 4.74 Å². The van der Waals surface area contributed by atoms with Crippen LogP contribution in [0, 0.1) is 0 Å². The van der Waals surface area contributed by atoms with Crippen LogP contribution >= 0.6 is 11.8 Å². The van der Waals surface area contributed by atoms with E-state index in [0.29, 0.717) is 34.7 Å². The number of Topliss-reactive ketones (excluding diaryl/α,β-unsaturated/α-hetero) is 1. The number of carbonyl (C=O) groups is 1. The molecule has 2 heterocycles. The lowest BCUT2D eigenvalue weighted by molar-refractivity contribution is 0.102. The van der Waals surface area contributed by atoms with Gasteiger partial charge >= 0.3 is 0 Å². The number of carbonyl (C=O) groups excluding carboxylic acids is 1. The van der Waals surface area contributed by atoms with Gasteiger partial charge in [0, 0.05) is 25.4 Å². The van der Waals surface area contributed by atoms with E-state index in [1.165, 1.54) is 11.8 Å². The van der Waals surface area contributed by atoms with E-state index < -0.39 is 0 Å². The molecule has 0 aliphatic carbocycles. The van der Waals surface area contributed by atoms with Gasteiger partial charge in [0.15, 0.2) is 16.8 Å². The number of aryl methyl sites for hydroxylation is 1. The highest BCUT2D eigenvalue weighted by atomic mass is 32.2. The zero-order chi connectivity index (χ0) is 17.8. The van der Waals surface area contributed by atoms with Gasteiger partial charge in [0.1, 0.15) is 5.56 Å². The molecule has 2 aromatic heterocycles. The number of hydrogen-bond donors (Lipinski definition) is 0. The number of methoxy groups -OCH3 is 1. The summed E-state index contributed by atoms with van der Waals surface area (Å²) in [5, 5.41) is 13.5. The molecule has 3 rings (SSSR count). The molecule has 0 atom stereocenters. The summed E-state index contributed by atoms with van der Waals surface area (Å²) in [7, 11) is 3.40. The van der Waals surface area contributed by atoms with Crippen molar-refractivity contribution in [2.75, 3.05) is 12.9 Å². The molecular weight excluding hydrogens is 338 g/mol. The smallest absolute Gasteiger partial charge is 0.243 e. The SMILES string of the molecule is CCn1c(SCC(=O)c2ccccc2)nnc1-c1cn(C)nc1OC. The first-order valence-corrected chi connectivity index (χ1v) is 8.84. The molecular formula is C17H19N5O2S. The molecule has 7 nitrogen and oxygen atoms in total. The molecule has 25 heavy (non-hydrogen) atoms. The van der Waals surface area contributed by atoms with Crippen molar-refractivity contribution in [2.24, 2.45) is 7.05 Å². The molecule has 0 radical (unpaired) electrons. The normalized spacial score (nSPS) is 10.8. The Morgan fingerprint density at radius 2 is 2.00 bits per heavy atom. The van der Waals surface area contributed by atoms with Gasteiger partial charge in [-0.05, 0) is 6.92 Å². The van der Waals surface area contributed by atoms with E-state index in [1.54, 1.807) is 11.8 Å². The zero-order valence-electron chi connectivity index (χ0n) is 14.3. The Kier molecular flexibility index (Phi) is 5.18. The standard InChI is InChI=1S/C17H19N5O2S/c1-4-22-15(13-10-21(2)20-16(13)24-3)18-19-17(22)25-11-14(23)12-8-6-5-7-9-12/h5-10H,4,11H2,1-3H3. The first-order chi connectivity index (χ1) is 12.1. The molecule has 130 valence electrons. The second kappa shape index (κ2) is 7.52. The van der Waals surface area contributed by atoms with Gasteiger partial charge in [0.2, 0.25) is 5.88 Å². The van der Waals surface area contributed by atoms with Gasteiger partial charge in [-0.25, -0.2) is 0 Å². The highest BCUT2D eigenvalue weighted by Crippen LogP contribution is 2.30. The number of rotatable bonds is 7. The first-order valence-electron chi connectivity index (χ1n) is 7.86. The van der Waals surface area contributed by atoms with Gasteiger partial charge in [-0.3, -0.25) is 9.48 Å². The number of aromatic nitrogens is 5. The number of nitrogens with zero attached hydrogens (tertiary/aromatic N) is 5. The third kappa shape index (κ3) is 3.58. The summed E-state index contributed by atoms with van der Waals surface area (Å²) in [4.78, 5) is 12.3. The van der Waals surface area contributed by atoms with Gasteiger partial charge in [-0.1, -0.05) is 42.1 Å². The molecule has 0 bridgehead atoms. The number of hydrogen-bond acceptors (Lipinski definition) is 6. The summed E-state index contributed by atoms with van der Waals surface area (Å²) >= 11 is 1.38. The Morgan fingerprint density at radius 1 is 1.24 bits per heavy atom. The van der Waals surface area contributed by atoms with E-state index in [2.05, 4.69) is 15.3 Å². The van der Waals surface area contributed by atoms with Crippen molar-refractivity contribution in [3.05, 3.63) is 42.1 Å². The molecule has 0 aliphatic heterocycles. The molecule has 0 aliphatic rings. The Bertz CT molecular complexity index is 873. The predicted octanol–water partition coefficient (Wildman–Crippen LogP) is 2.68. The predicted molar refractivity (Wildman–Crippen MR) is 95.9 cm³/mol. The lowest BCUT2D eigenvalue weighted by atomic mass is 10.2. The maximum atomic E-state index is 12.3. The molecule has 8 heteroatoms. The summed E-state index contributed by atoms with van der Waals surface area (Å²) < 4.78 is 8.95. The maximum absolute atomic E-state index is 12.3. The van der Waals surface area contributed by atoms with Gasteiger partial charge in [-0.2, -0.15) is 0 Å². The minimum Gasteiger partial charge on any atom is -0.479 e. The molecule has 0 saturated heterocycles. The second-order valence-corrected chi connectivity index (χ2v) is 6.30. The largest absolute Gasteiger partial charge is 0.479 e. The number of ketones is 1. The van der Waals surface area contributed by atoms with E-state index in [0.717, 1.165) is 5.56 Å². The monoisotopic (exact) mass is 357 g/mol. The van der Waals surface area contributed by atoms with Crippen molar-refractivity contribution in [2.45, 2.75) is 18.6 Å². The number of ether oxygens (including phenoxy) is 1. The van der Waals surface area contributed by atoms with Crippen LogP contribution in [0.5, 0.6) is 5.88 Å². The summed E-state index contributed by atoms with van der Waals surface area (Å²) in [6, 6.07) is 9.25. The quantitative estimate of drug-likeness (QED) is 0.478. The summed E-state index contributed by atoms with van der Waals surface area (Å²) in [6.07, 6.45) is 1.85.